The largest absolute Gasteiger partial charge is 0.497 e. The van der Waals surface area contributed by atoms with Crippen LogP contribution in [-0.2, 0) is 19.8 Å². The number of hydrogen-bond acceptors (Lipinski definition) is 8. The number of fused-ring (bicyclic) bond motifs is 1. The van der Waals surface area contributed by atoms with Crippen LogP contribution in [0.2, 0.25) is 0 Å². The summed E-state index contributed by atoms with van der Waals surface area (Å²) in [5.74, 6) is 1.52. The van der Waals surface area contributed by atoms with E-state index in [1.165, 1.54) is 0 Å². The van der Waals surface area contributed by atoms with Crippen LogP contribution in [0.4, 0.5) is 0 Å². The normalized spacial score (nSPS) is 17.9. The topological polar surface area (TPSA) is 89.8 Å². The summed E-state index contributed by atoms with van der Waals surface area (Å²) >= 11 is 0. The Morgan fingerprint density at radius 2 is 1.33 bits per heavy atom. The van der Waals surface area contributed by atoms with Crippen LogP contribution in [0.15, 0.2) is 122 Å². The average molecular weight is 654 g/mol. The summed E-state index contributed by atoms with van der Waals surface area (Å²) in [5.41, 5.74) is 4.99. The molecule has 1 aliphatic heterocycles. The van der Waals surface area contributed by atoms with Gasteiger partial charge < -0.3 is 23.7 Å². The molecular formula is C40H37N4O5. The first kappa shape index (κ1) is 32.2. The molecule has 9 nitrogen and oxygen atoms in total. The quantitative estimate of drug-likeness (QED) is 0.129. The highest BCUT2D eigenvalue weighted by atomic mass is 16.6. The summed E-state index contributed by atoms with van der Waals surface area (Å²) in [4.78, 5) is 13.8. The lowest BCUT2D eigenvalue weighted by Crippen LogP contribution is -2.36. The summed E-state index contributed by atoms with van der Waals surface area (Å²) in [6.45, 7) is 0.232. The van der Waals surface area contributed by atoms with Gasteiger partial charge in [0.05, 0.1) is 39.0 Å². The van der Waals surface area contributed by atoms with Crippen LogP contribution in [0.25, 0.3) is 23.3 Å². The lowest BCUT2D eigenvalue weighted by Gasteiger charge is -2.37. The molecular weight excluding hydrogens is 616 g/mol. The molecule has 7 rings (SSSR count). The Kier molecular flexibility index (Phi) is 9.47. The minimum Gasteiger partial charge on any atom is -0.497 e. The highest BCUT2D eigenvalue weighted by Gasteiger charge is 2.42. The Labute approximate surface area is 285 Å². The Hall–Kier alpha value is -5.35. The van der Waals surface area contributed by atoms with Crippen molar-refractivity contribution >= 4 is 23.3 Å². The Morgan fingerprint density at radius 3 is 1.94 bits per heavy atom. The molecule has 0 bridgehead atoms. The number of imidazole rings is 1. The van der Waals surface area contributed by atoms with Gasteiger partial charge in [-0.1, -0.05) is 91.0 Å². The molecule has 9 heteroatoms. The van der Waals surface area contributed by atoms with Gasteiger partial charge in [0.15, 0.2) is 11.9 Å². The van der Waals surface area contributed by atoms with Crippen LogP contribution in [0.3, 0.4) is 0 Å². The second-order valence-corrected chi connectivity index (χ2v) is 11.6. The third-order valence-electron chi connectivity index (χ3n) is 8.80. The second kappa shape index (κ2) is 14.4. The van der Waals surface area contributed by atoms with Crippen molar-refractivity contribution in [3.8, 4) is 11.5 Å². The molecule has 0 saturated carbocycles. The van der Waals surface area contributed by atoms with Gasteiger partial charge in [0.25, 0.3) is 0 Å². The minimum atomic E-state index is -0.980. The van der Waals surface area contributed by atoms with Gasteiger partial charge >= 0.3 is 0 Å². The second-order valence-electron chi connectivity index (χ2n) is 11.6. The summed E-state index contributed by atoms with van der Waals surface area (Å²) < 4.78 is 32.6. The van der Waals surface area contributed by atoms with Crippen LogP contribution in [0.5, 0.6) is 11.5 Å². The molecule has 6 aromatic rings. The maximum Gasteiger partial charge on any atom is 0.166 e. The molecule has 0 aliphatic carbocycles. The summed E-state index contributed by atoms with van der Waals surface area (Å²) in [5, 5.41) is 0. The fourth-order valence-corrected chi connectivity index (χ4v) is 6.32. The number of aromatic nitrogens is 4. The van der Waals surface area contributed by atoms with Gasteiger partial charge in [-0.25, -0.2) is 15.0 Å². The first-order chi connectivity index (χ1) is 24.1. The highest BCUT2D eigenvalue weighted by Crippen LogP contribution is 2.43. The van der Waals surface area contributed by atoms with Crippen LogP contribution in [0.1, 0.15) is 34.2 Å². The Morgan fingerprint density at radius 1 is 0.714 bits per heavy atom. The Balaban J connectivity index is 1.20. The summed E-state index contributed by atoms with van der Waals surface area (Å²) in [6.07, 6.45) is 7.97. The number of ether oxygens (including phenoxy) is 5. The van der Waals surface area contributed by atoms with Crippen LogP contribution >= 0.6 is 0 Å². The van der Waals surface area contributed by atoms with Gasteiger partial charge in [0.2, 0.25) is 0 Å². The lowest BCUT2D eigenvalue weighted by atomic mass is 9.80. The maximum atomic E-state index is 7.10. The van der Waals surface area contributed by atoms with Crippen molar-refractivity contribution in [2.45, 2.75) is 24.0 Å². The number of nitrogens with zero attached hydrogens (tertiary/aromatic N) is 4. The van der Waals surface area contributed by atoms with Crippen molar-refractivity contribution < 1.29 is 23.7 Å². The van der Waals surface area contributed by atoms with Crippen molar-refractivity contribution in [1.82, 2.24) is 19.5 Å². The molecule has 3 atom stereocenters. The molecule has 0 unspecified atom stereocenters. The van der Waals surface area contributed by atoms with Gasteiger partial charge in [0.1, 0.15) is 35.0 Å². The molecule has 247 valence electrons. The molecule has 1 radical (unpaired) electrons. The van der Waals surface area contributed by atoms with E-state index in [0.29, 0.717) is 11.2 Å². The average Bonchev–Trinajstić information content (AvgIpc) is 3.80. The number of rotatable bonds is 12. The summed E-state index contributed by atoms with van der Waals surface area (Å²) in [7, 11) is 4.99. The molecule has 1 saturated heterocycles. The first-order valence-corrected chi connectivity index (χ1v) is 16.1. The van der Waals surface area contributed by atoms with Crippen molar-refractivity contribution in [3.05, 3.63) is 156 Å². The van der Waals surface area contributed by atoms with Crippen molar-refractivity contribution in [1.29, 1.82) is 0 Å². The van der Waals surface area contributed by atoms with E-state index < -0.39 is 17.9 Å². The van der Waals surface area contributed by atoms with E-state index in [2.05, 4.69) is 27.1 Å². The number of benzene rings is 4. The van der Waals surface area contributed by atoms with Crippen molar-refractivity contribution in [2.24, 2.45) is 0 Å². The molecule has 4 aromatic carbocycles. The van der Waals surface area contributed by atoms with E-state index in [0.717, 1.165) is 39.4 Å². The van der Waals surface area contributed by atoms with Gasteiger partial charge in [-0.05, 0) is 52.6 Å². The minimum absolute atomic E-state index is 0.232. The number of hydrogen-bond donors (Lipinski definition) is 0. The third kappa shape index (κ3) is 6.44. The molecule has 0 amide bonds. The van der Waals surface area contributed by atoms with Gasteiger partial charge in [-0.3, -0.25) is 4.57 Å². The Bertz CT molecular complexity index is 1950. The van der Waals surface area contributed by atoms with E-state index in [-0.39, 0.29) is 12.7 Å². The predicted octanol–water partition coefficient (Wildman–Crippen LogP) is 7.14. The SMILES string of the molecule is COc1ccc(C(OC[C@H]2[CH][C@@H](OC)[C@H](n3cnc4c(C=Cc5ccccc5)ncnc43)O2)(c2ccccc2)c2ccc(OC)cc2)cc1. The smallest absolute Gasteiger partial charge is 0.166 e. The van der Waals surface area contributed by atoms with E-state index in [4.69, 9.17) is 23.7 Å². The first-order valence-electron chi connectivity index (χ1n) is 16.1. The number of methoxy groups -OCH3 is 3. The predicted molar refractivity (Wildman–Crippen MR) is 188 cm³/mol. The summed E-state index contributed by atoms with van der Waals surface area (Å²) in [6, 6.07) is 36.2. The fraction of sp³-hybridized carbons (Fsp3) is 0.200. The zero-order chi connectivity index (χ0) is 33.6. The van der Waals surface area contributed by atoms with Gasteiger partial charge in [-0.2, -0.15) is 0 Å². The van der Waals surface area contributed by atoms with E-state index in [1.54, 1.807) is 34.0 Å². The highest BCUT2D eigenvalue weighted by molar-refractivity contribution is 5.84. The van der Waals surface area contributed by atoms with Crippen LogP contribution < -0.4 is 9.47 Å². The lowest BCUT2D eigenvalue weighted by molar-refractivity contribution is -0.0876. The van der Waals surface area contributed by atoms with Crippen molar-refractivity contribution in [3.63, 3.8) is 0 Å². The fourth-order valence-electron chi connectivity index (χ4n) is 6.32. The molecule has 0 spiro atoms. The van der Waals surface area contributed by atoms with E-state index in [1.807, 2.05) is 120 Å². The van der Waals surface area contributed by atoms with E-state index in [9.17, 15) is 0 Å². The molecule has 3 heterocycles. The molecule has 1 fully saturated rings. The third-order valence-corrected chi connectivity index (χ3v) is 8.80. The van der Waals surface area contributed by atoms with Crippen molar-refractivity contribution in [2.75, 3.05) is 27.9 Å². The van der Waals surface area contributed by atoms with Gasteiger partial charge in [-0.15, -0.1) is 0 Å². The molecule has 49 heavy (non-hydrogen) atoms. The zero-order valence-corrected chi connectivity index (χ0v) is 27.5. The molecule has 1 aliphatic rings. The molecule has 2 aromatic heterocycles. The zero-order valence-electron chi connectivity index (χ0n) is 27.5. The van der Waals surface area contributed by atoms with Crippen LogP contribution in [0, 0.1) is 6.42 Å². The standard InChI is InChI=1S/C40H37N4O5/c1-45-32-19-15-30(16-20-32)40(29-12-8-5-9-13-29,31-17-21-33(46-2)22-18-31)48-25-34-24-36(47-3)39(49-34)44-27-43-37-35(41-26-42-38(37)44)23-14-28-10-6-4-7-11-28/h4-24,26-27,34,36,39H,25H2,1-3H3/t34-,36-,39-/m1/s1. The molecule has 0 N–H and O–H groups in total. The van der Waals surface area contributed by atoms with Gasteiger partial charge in [0, 0.05) is 13.5 Å². The van der Waals surface area contributed by atoms with Crippen LogP contribution in [-0.4, -0.2) is 59.7 Å². The monoisotopic (exact) mass is 653 g/mol. The maximum absolute atomic E-state index is 7.10. The van der Waals surface area contributed by atoms with E-state index >= 15 is 0 Å².